The van der Waals surface area contributed by atoms with Gasteiger partial charge >= 0.3 is 0 Å². The van der Waals surface area contributed by atoms with Gasteiger partial charge in [0.2, 0.25) is 5.89 Å². The summed E-state index contributed by atoms with van der Waals surface area (Å²) in [5.74, 6) is -1.90. The average Bonchev–Trinajstić information content (AvgIpc) is 2.73. The third-order valence-electron chi connectivity index (χ3n) is 2.33. The van der Waals surface area contributed by atoms with Crippen molar-refractivity contribution in [3.8, 4) is 0 Å². The van der Waals surface area contributed by atoms with E-state index in [0.29, 0.717) is 5.82 Å². The molecule has 1 atom stereocenters. The minimum Gasteiger partial charge on any atom is -0.338 e. The van der Waals surface area contributed by atoms with Crippen molar-refractivity contribution in [2.75, 3.05) is 13.6 Å². The van der Waals surface area contributed by atoms with Gasteiger partial charge in [0.05, 0.1) is 12.6 Å². The predicted molar refractivity (Wildman–Crippen MR) is 55.3 cm³/mol. The maximum atomic E-state index is 13.0. The second-order valence-corrected chi connectivity index (χ2v) is 3.67. The van der Waals surface area contributed by atoms with Crippen LogP contribution in [0.25, 0.3) is 0 Å². The molecule has 1 aliphatic heterocycles. The van der Waals surface area contributed by atoms with E-state index < -0.39 is 12.0 Å². The maximum absolute atomic E-state index is 13.0. The quantitative estimate of drug-likeness (QED) is 0.747. The van der Waals surface area contributed by atoms with Crippen molar-refractivity contribution in [2.24, 2.45) is 0 Å². The fourth-order valence-electron chi connectivity index (χ4n) is 1.70. The molecule has 0 bridgehead atoms. The summed E-state index contributed by atoms with van der Waals surface area (Å²) in [5, 5.41) is 3.59. The van der Waals surface area contributed by atoms with E-state index in [4.69, 9.17) is 4.52 Å². The molecule has 0 spiro atoms. The van der Waals surface area contributed by atoms with Crippen molar-refractivity contribution in [3.63, 3.8) is 0 Å². The van der Waals surface area contributed by atoms with Crippen LogP contribution in [-0.4, -0.2) is 34.6 Å². The molecular formula is C10H17F2N3O. The molecule has 0 saturated carbocycles. The molecule has 1 unspecified atom stereocenters. The summed E-state index contributed by atoms with van der Waals surface area (Å²) in [5.41, 5.74) is 0. The van der Waals surface area contributed by atoms with Crippen LogP contribution >= 0.6 is 0 Å². The van der Waals surface area contributed by atoms with E-state index in [2.05, 4.69) is 10.1 Å². The second-order valence-electron chi connectivity index (χ2n) is 3.67. The number of rotatable bonds is 1. The van der Waals surface area contributed by atoms with E-state index in [-0.39, 0.29) is 18.9 Å². The van der Waals surface area contributed by atoms with Crippen LogP contribution in [0, 0.1) is 6.92 Å². The van der Waals surface area contributed by atoms with Crippen LogP contribution in [0.4, 0.5) is 8.78 Å². The predicted octanol–water partition coefficient (Wildman–Crippen LogP) is 2.42. The number of alkyl halides is 2. The van der Waals surface area contributed by atoms with Gasteiger partial charge in [-0.25, -0.2) is 8.78 Å². The Morgan fingerprint density at radius 2 is 2.06 bits per heavy atom. The van der Waals surface area contributed by atoms with Gasteiger partial charge in [0.15, 0.2) is 5.82 Å². The van der Waals surface area contributed by atoms with Crippen LogP contribution in [0.1, 0.15) is 38.0 Å². The first kappa shape index (κ1) is 13.0. The van der Waals surface area contributed by atoms with E-state index >= 15 is 0 Å². The van der Waals surface area contributed by atoms with Gasteiger partial charge in [0.25, 0.3) is 5.92 Å². The Kier molecular flexibility index (Phi) is 3.96. The lowest BCUT2D eigenvalue weighted by atomic mass is 10.2. The fraction of sp³-hybridized carbons (Fsp3) is 0.800. The van der Waals surface area contributed by atoms with E-state index in [0.717, 1.165) is 0 Å². The van der Waals surface area contributed by atoms with Gasteiger partial charge in [-0.1, -0.05) is 19.0 Å². The third-order valence-corrected chi connectivity index (χ3v) is 2.33. The lowest BCUT2D eigenvalue weighted by molar-refractivity contribution is 0.0138. The zero-order chi connectivity index (χ0) is 12.3. The van der Waals surface area contributed by atoms with E-state index in [1.165, 1.54) is 4.90 Å². The number of aromatic nitrogens is 2. The molecule has 0 amide bonds. The molecule has 0 aromatic carbocycles. The molecule has 1 aliphatic rings. The van der Waals surface area contributed by atoms with Gasteiger partial charge in [-0.2, -0.15) is 4.98 Å². The second kappa shape index (κ2) is 4.86. The van der Waals surface area contributed by atoms with Gasteiger partial charge in [-0.05, 0) is 14.0 Å². The minimum absolute atomic E-state index is 0.245. The molecule has 92 valence electrons. The zero-order valence-electron chi connectivity index (χ0n) is 10.00. The van der Waals surface area contributed by atoms with Crippen LogP contribution in [0.3, 0.4) is 0 Å². The standard InChI is InChI=1S/C8H11F2N3O.C2H6/c1-5-11-7(14-12-5)6-3-8(9,10)4-13(6)2;1-2/h6H,3-4H2,1-2H3;1-2H3. The molecular weight excluding hydrogens is 216 g/mol. The van der Waals surface area contributed by atoms with Crippen molar-refractivity contribution in [2.45, 2.75) is 39.2 Å². The highest BCUT2D eigenvalue weighted by molar-refractivity contribution is 4.99. The number of nitrogens with zero attached hydrogens (tertiary/aromatic N) is 3. The van der Waals surface area contributed by atoms with Crippen molar-refractivity contribution in [1.82, 2.24) is 15.0 Å². The lowest BCUT2D eigenvalue weighted by Crippen LogP contribution is -2.22. The van der Waals surface area contributed by atoms with Crippen LogP contribution in [0.2, 0.25) is 0 Å². The first-order valence-corrected chi connectivity index (χ1v) is 5.36. The fourth-order valence-corrected chi connectivity index (χ4v) is 1.70. The zero-order valence-corrected chi connectivity index (χ0v) is 10.00. The Balaban J connectivity index is 0.000000606. The normalized spacial score (nSPS) is 24.0. The van der Waals surface area contributed by atoms with Crippen LogP contribution in [0.15, 0.2) is 4.52 Å². The Morgan fingerprint density at radius 3 is 2.44 bits per heavy atom. The minimum atomic E-state index is -2.65. The maximum Gasteiger partial charge on any atom is 0.262 e. The number of hydrogen-bond acceptors (Lipinski definition) is 4. The van der Waals surface area contributed by atoms with E-state index in [1.54, 1.807) is 14.0 Å². The van der Waals surface area contributed by atoms with Gasteiger partial charge in [-0.3, -0.25) is 4.90 Å². The highest BCUT2D eigenvalue weighted by Gasteiger charge is 2.46. The number of halogens is 2. The summed E-state index contributed by atoms with van der Waals surface area (Å²) in [6.07, 6.45) is -0.245. The third kappa shape index (κ3) is 2.75. The van der Waals surface area contributed by atoms with Gasteiger partial charge in [0, 0.05) is 6.42 Å². The molecule has 1 saturated heterocycles. The van der Waals surface area contributed by atoms with Gasteiger partial charge < -0.3 is 4.52 Å². The van der Waals surface area contributed by atoms with Crippen molar-refractivity contribution >= 4 is 0 Å². The Morgan fingerprint density at radius 1 is 1.44 bits per heavy atom. The molecule has 1 fully saturated rings. The molecule has 6 heteroatoms. The van der Waals surface area contributed by atoms with E-state index in [9.17, 15) is 8.78 Å². The summed E-state index contributed by atoms with van der Waals surface area (Å²) < 4.78 is 30.9. The monoisotopic (exact) mass is 233 g/mol. The van der Waals surface area contributed by atoms with Crippen LogP contribution < -0.4 is 0 Å². The van der Waals surface area contributed by atoms with Crippen LogP contribution in [0.5, 0.6) is 0 Å². The first-order valence-electron chi connectivity index (χ1n) is 5.36. The summed E-state index contributed by atoms with van der Waals surface area (Å²) in [7, 11) is 1.63. The highest BCUT2D eigenvalue weighted by Crippen LogP contribution is 2.38. The molecule has 0 radical (unpaired) electrons. The molecule has 4 nitrogen and oxygen atoms in total. The SMILES string of the molecule is CC.Cc1noc(C2CC(F)(F)CN2C)n1. The lowest BCUT2D eigenvalue weighted by Gasteiger charge is -2.12. The number of aryl methyl sites for hydroxylation is 1. The summed E-state index contributed by atoms with van der Waals surface area (Å²) >= 11 is 0. The van der Waals surface area contributed by atoms with Gasteiger partial charge in [0.1, 0.15) is 0 Å². The van der Waals surface area contributed by atoms with E-state index in [1.807, 2.05) is 13.8 Å². The van der Waals surface area contributed by atoms with Crippen LogP contribution in [-0.2, 0) is 0 Å². The summed E-state index contributed by atoms with van der Waals surface area (Å²) in [4.78, 5) is 5.49. The molecule has 1 aromatic heterocycles. The molecule has 1 aromatic rings. The number of likely N-dealkylation sites (tertiary alicyclic amines) is 1. The first-order chi connectivity index (χ1) is 7.48. The Hall–Kier alpha value is -1.04. The van der Waals surface area contributed by atoms with Crippen molar-refractivity contribution < 1.29 is 13.3 Å². The topological polar surface area (TPSA) is 42.2 Å². The molecule has 0 aliphatic carbocycles. The Bertz CT molecular complexity index is 341. The number of hydrogen-bond donors (Lipinski definition) is 0. The summed E-state index contributed by atoms with van der Waals surface area (Å²) in [6.45, 7) is 5.42. The molecule has 2 rings (SSSR count). The highest BCUT2D eigenvalue weighted by atomic mass is 19.3. The molecule has 2 heterocycles. The van der Waals surface area contributed by atoms with Crippen molar-refractivity contribution in [3.05, 3.63) is 11.7 Å². The molecule has 0 N–H and O–H groups in total. The largest absolute Gasteiger partial charge is 0.338 e. The van der Waals surface area contributed by atoms with Gasteiger partial charge in [-0.15, -0.1) is 0 Å². The summed E-state index contributed by atoms with van der Waals surface area (Å²) in [6, 6.07) is -0.453. The molecule has 16 heavy (non-hydrogen) atoms. The average molecular weight is 233 g/mol. The Labute approximate surface area is 93.6 Å². The van der Waals surface area contributed by atoms with Crippen molar-refractivity contribution in [1.29, 1.82) is 0 Å². The smallest absolute Gasteiger partial charge is 0.262 e.